The van der Waals surface area contributed by atoms with Gasteiger partial charge in [0.1, 0.15) is 15.9 Å². The van der Waals surface area contributed by atoms with E-state index in [1.54, 1.807) is 0 Å². The molecule has 8 rings (SSSR count). The van der Waals surface area contributed by atoms with Gasteiger partial charge >= 0.3 is 0 Å². The molecule has 0 N–H and O–H groups in total. The van der Waals surface area contributed by atoms with Crippen molar-refractivity contribution in [1.82, 2.24) is 0 Å². The molecule has 0 saturated carbocycles. The summed E-state index contributed by atoms with van der Waals surface area (Å²) >= 11 is 0. The number of rotatable bonds is 4. The van der Waals surface area contributed by atoms with Crippen molar-refractivity contribution in [2.24, 2.45) is 0 Å². The number of ether oxygens (including phenoxy) is 1. The second-order valence-corrected chi connectivity index (χ2v) is 12.9. The molecule has 0 aliphatic carbocycles. The molecule has 1 fully saturated rings. The zero-order valence-corrected chi connectivity index (χ0v) is 22.5. The van der Waals surface area contributed by atoms with E-state index in [-0.39, 0.29) is 0 Å². The van der Waals surface area contributed by atoms with E-state index in [1.807, 2.05) is 127 Å². The van der Waals surface area contributed by atoms with Gasteiger partial charge in [-0.05, 0) is 39.5 Å². The molecule has 0 unspecified atom stereocenters. The largest absolute Gasteiger partial charge is 0.347 e. The maximum atomic E-state index is 15.2. The van der Waals surface area contributed by atoms with Crippen LogP contribution in [0.1, 0.15) is 39.3 Å². The highest BCUT2D eigenvalue weighted by atomic mass is 32.2. The lowest BCUT2D eigenvalue weighted by atomic mass is 9.57. The summed E-state index contributed by atoms with van der Waals surface area (Å²) in [6.45, 7) is 0. The minimum Gasteiger partial charge on any atom is -0.347 e. The van der Waals surface area contributed by atoms with E-state index in [2.05, 4.69) is 24.3 Å². The van der Waals surface area contributed by atoms with Crippen LogP contribution in [0.15, 0.2) is 152 Å². The van der Waals surface area contributed by atoms with Crippen LogP contribution in [0.4, 0.5) is 0 Å². The van der Waals surface area contributed by atoms with Gasteiger partial charge in [0.2, 0.25) is 0 Å². The first-order chi connectivity index (χ1) is 19.6. The molecule has 1 saturated heterocycles. The molecule has 5 aromatic carbocycles. The number of hydrogen-bond acceptors (Lipinski definition) is 3. The van der Waals surface area contributed by atoms with Crippen molar-refractivity contribution in [2.45, 2.75) is 21.9 Å². The molecule has 5 aromatic rings. The zero-order chi connectivity index (χ0) is 27.0. The summed E-state index contributed by atoms with van der Waals surface area (Å²) in [6, 6.07) is 47.7. The maximum Gasteiger partial charge on any atom is 0.192 e. The lowest BCUT2D eigenvalue weighted by Crippen LogP contribution is -2.62. The Bertz CT molecular complexity index is 1890. The third-order valence-electron chi connectivity index (χ3n) is 9.06. The molecule has 40 heavy (non-hydrogen) atoms. The van der Waals surface area contributed by atoms with Gasteiger partial charge in [-0.2, -0.15) is 0 Å². The molecular weight excluding hydrogens is 512 g/mol. The standard InChI is InChI=1S/C36H26O3S/c37-40(38)32(26-15-5-1-6-16-26)25-34(40)33(27-17-7-2-8-18-27)35(28-19-9-3-10-20-28)30-23-13-14-24-31(30)36(34,39-35)29-21-11-4-12-22-29/h1-25,33H/t33-,34+,35+,36+/m1/s1. The molecule has 3 nitrogen and oxygen atoms in total. The van der Waals surface area contributed by atoms with Crippen LogP contribution in [0, 0.1) is 0 Å². The summed E-state index contributed by atoms with van der Waals surface area (Å²) in [5, 5.41) is 0. The van der Waals surface area contributed by atoms with Gasteiger partial charge in [-0.25, -0.2) is 8.42 Å². The second kappa shape index (κ2) is 8.14. The predicted molar refractivity (Wildman–Crippen MR) is 157 cm³/mol. The van der Waals surface area contributed by atoms with Crippen molar-refractivity contribution >= 4 is 14.7 Å². The van der Waals surface area contributed by atoms with E-state index in [1.165, 1.54) is 0 Å². The van der Waals surface area contributed by atoms with Gasteiger partial charge in [-0.1, -0.05) is 146 Å². The molecular formula is C36H26O3S. The van der Waals surface area contributed by atoms with Gasteiger partial charge in [-0.3, -0.25) is 0 Å². The Hall–Kier alpha value is -4.25. The highest BCUT2D eigenvalue weighted by Gasteiger charge is 2.84. The zero-order valence-electron chi connectivity index (χ0n) is 21.6. The van der Waals surface area contributed by atoms with Crippen LogP contribution >= 0.6 is 0 Å². The number of sulfone groups is 1. The number of hydrogen-bond donors (Lipinski definition) is 0. The normalized spacial score (nSPS) is 29.0. The maximum absolute atomic E-state index is 15.2. The van der Waals surface area contributed by atoms with E-state index >= 15 is 8.42 Å². The van der Waals surface area contributed by atoms with Crippen molar-refractivity contribution in [3.05, 3.63) is 185 Å². The molecule has 2 bridgehead atoms. The number of benzene rings is 5. The van der Waals surface area contributed by atoms with Crippen LogP contribution < -0.4 is 0 Å². The Labute approximate surface area is 234 Å². The topological polar surface area (TPSA) is 43.4 Å². The first-order valence-electron chi connectivity index (χ1n) is 13.6. The third-order valence-corrected chi connectivity index (χ3v) is 11.5. The lowest BCUT2D eigenvalue weighted by molar-refractivity contribution is -0.0478. The monoisotopic (exact) mass is 538 g/mol. The lowest BCUT2D eigenvalue weighted by Gasteiger charge is -2.53. The predicted octanol–water partition coefficient (Wildman–Crippen LogP) is 7.21. The summed E-state index contributed by atoms with van der Waals surface area (Å²) in [5.74, 6) is -0.531. The Morgan fingerprint density at radius 2 is 1.05 bits per heavy atom. The molecule has 3 aliphatic heterocycles. The Balaban J connectivity index is 1.57. The minimum atomic E-state index is -3.90. The van der Waals surface area contributed by atoms with E-state index in [0.29, 0.717) is 10.5 Å². The van der Waals surface area contributed by atoms with Gasteiger partial charge in [0.05, 0.1) is 4.91 Å². The van der Waals surface area contributed by atoms with Gasteiger partial charge in [0.25, 0.3) is 0 Å². The Morgan fingerprint density at radius 1 is 0.550 bits per heavy atom. The van der Waals surface area contributed by atoms with Crippen molar-refractivity contribution in [2.75, 3.05) is 0 Å². The molecule has 0 aromatic heterocycles. The average Bonchev–Trinajstić information content (AvgIpc) is 3.50. The van der Waals surface area contributed by atoms with Crippen LogP contribution in [0.25, 0.3) is 4.91 Å². The second-order valence-electron chi connectivity index (χ2n) is 10.8. The summed E-state index contributed by atoms with van der Waals surface area (Å²) < 4.78 is 36.5. The molecule has 3 aliphatic rings. The van der Waals surface area contributed by atoms with Crippen LogP contribution in [0.2, 0.25) is 0 Å². The highest BCUT2D eigenvalue weighted by molar-refractivity contribution is 8.03. The van der Waals surface area contributed by atoms with Gasteiger partial charge in [-0.15, -0.1) is 0 Å². The van der Waals surface area contributed by atoms with Gasteiger partial charge in [0, 0.05) is 5.92 Å². The van der Waals surface area contributed by atoms with Crippen LogP contribution in [-0.2, 0) is 25.8 Å². The fraction of sp³-hybridized carbons (Fsp3) is 0.111. The van der Waals surface area contributed by atoms with E-state index < -0.39 is 31.7 Å². The SMILES string of the molecule is O=S1(=O)C(c2ccccc2)=C[C@@]12[C@@H](c1ccccc1)[C@@]1(c3ccccc3)O[C@@]2(c2ccccc2)c2ccccc21. The summed E-state index contributed by atoms with van der Waals surface area (Å²) in [4.78, 5) is 0.362. The quantitative estimate of drug-likeness (QED) is 0.243. The van der Waals surface area contributed by atoms with Gasteiger partial charge in [0.15, 0.2) is 9.84 Å². The first kappa shape index (κ1) is 23.6. The van der Waals surface area contributed by atoms with Crippen LogP contribution in [-0.4, -0.2) is 13.2 Å². The molecule has 0 amide bonds. The van der Waals surface area contributed by atoms with E-state index in [4.69, 9.17) is 4.74 Å². The van der Waals surface area contributed by atoms with Crippen LogP contribution in [0.5, 0.6) is 0 Å². The fourth-order valence-corrected chi connectivity index (χ4v) is 10.1. The fourth-order valence-electron chi connectivity index (χ4n) is 7.63. The molecule has 3 heterocycles. The smallest absolute Gasteiger partial charge is 0.192 e. The van der Waals surface area contributed by atoms with Crippen molar-refractivity contribution < 1.29 is 13.2 Å². The van der Waals surface area contributed by atoms with E-state index in [0.717, 1.165) is 27.8 Å². The van der Waals surface area contributed by atoms with Gasteiger partial charge < -0.3 is 4.74 Å². The van der Waals surface area contributed by atoms with Crippen molar-refractivity contribution in [3.8, 4) is 0 Å². The summed E-state index contributed by atoms with van der Waals surface area (Å²) in [7, 11) is -3.90. The molecule has 1 spiro atoms. The third kappa shape index (κ3) is 2.61. The van der Waals surface area contributed by atoms with Crippen molar-refractivity contribution in [1.29, 1.82) is 0 Å². The Kier molecular flexibility index (Phi) is 4.80. The minimum absolute atomic E-state index is 0.362. The van der Waals surface area contributed by atoms with E-state index in [9.17, 15) is 0 Å². The summed E-state index contributed by atoms with van der Waals surface area (Å²) in [5.41, 5.74) is 3.07. The Morgan fingerprint density at radius 3 is 1.65 bits per heavy atom. The van der Waals surface area contributed by atoms with Crippen LogP contribution in [0.3, 0.4) is 0 Å². The first-order valence-corrected chi connectivity index (χ1v) is 15.0. The van der Waals surface area contributed by atoms with Crippen molar-refractivity contribution in [3.63, 3.8) is 0 Å². The molecule has 4 atom stereocenters. The molecule has 194 valence electrons. The summed E-state index contributed by atoms with van der Waals surface area (Å²) in [6.07, 6.45) is 2.00. The highest BCUT2D eigenvalue weighted by Crippen LogP contribution is 2.78. The number of fused-ring (bicyclic) bond motifs is 6. The molecule has 4 heteroatoms. The average molecular weight is 539 g/mol. The molecule has 0 radical (unpaired) electrons.